The lowest BCUT2D eigenvalue weighted by atomic mass is 9.97. The fourth-order valence-electron chi connectivity index (χ4n) is 2.46. The Bertz CT molecular complexity index is 503. The van der Waals surface area contributed by atoms with Crippen LogP contribution < -0.4 is 21.7 Å². The Morgan fingerprint density at radius 2 is 2.24 bits per heavy atom. The van der Waals surface area contributed by atoms with Gasteiger partial charge in [-0.15, -0.1) is 0 Å². The van der Waals surface area contributed by atoms with E-state index in [4.69, 9.17) is 11.5 Å². The number of aromatic nitrogens is 1. The third-order valence-corrected chi connectivity index (χ3v) is 3.59. The van der Waals surface area contributed by atoms with Crippen molar-refractivity contribution in [2.75, 3.05) is 31.1 Å². The van der Waals surface area contributed by atoms with Crippen LogP contribution in [0.2, 0.25) is 0 Å². The van der Waals surface area contributed by atoms with Gasteiger partial charge < -0.3 is 21.7 Å². The fourth-order valence-corrected chi connectivity index (χ4v) is 2.46. The summed E-state index contributed by atoms with van der Waals surface area (Å²) in [6, 6.07) is 3.42. The van der Waals surface area contributed by atoms with E-state index in [2.05, 4.69) is 15.2 Å². The largest absolute Gasteiger partial charge is 0.366 e. The first-order chi connectivity index (χ1) is 10.1. The summed E-state index contributed by atoms with van der Waals surface area (Å²) < 4.78 is 0. The van der Waals surface area contributed by atoms with Gasteiger partial charge in [0.1, 0.15) is 5.82 Å². The summed E-state index contributed by atoms with van der Waals surface area (Å²) in [7, 11) is 0. The average molecular weight is 291 g/mol. The number of anilines is 1. The standard InChI is InChI=1S/C14H21N5O2/c15-5-6-17-14(21)11-2-1-7-19(9-11)12-4-3-10(8-18-12)13(16)20/h3-4,8,11H,1-2,5-7,9,15H2,(H2,16,20)(H,17,21). The molecule has 114 valence electrons. The summed E-state index contributed by atoms with van der Waals surface area (Å²) in [4.78, 5) is 29.3. The van der Waals surface area contributed by atoms with Crippen LogP contribution in [0.4, 0.5) is 5.82 Å². The molecule has 7 heteroatoms. The highest BCUT2D eigenvalue weighted by molar-refractivity contribution is 5.92. The predicted octanol–water partition coefficient (Wildman–Crippen LogP) is -0.528. The Hall–Kier alpha value is -2.15. The number of pyridine rings is 1. The van der Waals surface area contributed by atoms with Crippen molar-refractivity contribution in [2.24, 2.45) is 17.4 Å². The average Bonchev–Trinajstić information content (AvgIpc) is 2.52. The molecular formula is C14H21N5O2. The molecule has 2 amide bonds. The van der Waals surface area contributed by atoms with E-state index in [1.54, 1.807) is 12.1 Å². The van der Waals surface area contributed by atoms with E-state index in [-0.39, 0.29) is 11.8 Å². The highest BCUT2D eigenvalue weighted by atomic mass is 16.2. The van der Waals surface area contributed by atoms with Crippen molar-refractivity contribution < 1.29 is 9.59 Å². The summed E-state index contributed by atoms with van der Waals surface area (Å²) in [5.41, 5.74) is 11.0. The second kappa shape index (κ2) is 7.03. The first kappa shape index (κ1) is 15.2. The Morgan fingerprint density at radius 3 is 2.86 bits per heavy atom. The van der Waals surface area contributed by atoms with Gasteiger partial charge in [0.2, 0.25) is 11.8 Å². The van der Waals surface area contributed by atoms with Gasteiger partial charge in [-0.25, -0.2) is 4.98 Å². The van der Waals surface area contributed by atoms with E-state index in [9.17, 15) is 9.59 Å². The molecule has 0 aromatic carbocycles. The van der Waals surface area contributed by atoms with E-state index in [0.29, 0.717) is 25.2 Å². The van der Waals surface area contributed by atoms with Crippen LogP contribution >= 0.6 is 0 Å². The van der Waals surface area contributed by atoms with Gasteiger partial charge in [-0.2, -0.15) is 0 Å². The zero-order valence-corrected chi connectivity index (χ0v) is 11.9. The molecule has 1 saturated heterocycles. The number of nitrogens with zero attached hydrogens (tertiary/aromatic N) is 2. The number of primary amides is 1. The molecule has 0 aliphatic carbocycles. The number of rotatable bonds is 5. The van der Waals surface area contributed by atoms with Crippen LogP contribution in [0, 0.1) is 5.92 Å². The lowest BCUT2D eigenvalue weighted by Gasteiger charge is -2.32. The normalized spacial score (nSPS) is 18.3. The number of carbonyl (C=O) groups is 2. The molecule has 21 heavy (non-hydrogen) atoms. The van der Waals surface area contributed by atoms with E-state index in [0.717, 1.165) is 25.2 Å². The quantitative estimate of drug-likeness (QED) is 0.675. The Labute approximate surface area is 123 Å². The molecule has 1 aliphatic heterocycles. The molecule has 1 unspecified atom stereocenters. The molecule has 1 aliphatic rings. The highest BCUT2D eigenvalue weighted by Crippen LogP contribution is 2.21. The number of piperidine rings is 1. The molecule has 1 aromatic heterocycles. The molecule has 2 heterocycles. The van der Waals surface area contributed by atoms with Gasteiger partial charge >= 0.3 is 0 Å². The smallest absolute Gasteiger partial charge is 0.250 e. The van der Waals surface area contributed by atoms with Gasteiger partial charge in [0, 0.05) is 32.4 Å². The molecule has 1 aromatic rings. The lowest BCUT2D eigenvalue weighted by Crippen LogP contribution is -2.44. The number of carbonyl (C=O) groups excluding carboxylic acids is 2. The van der Waals surface area contributed by atoms with Crippen LogP contribution in [-0.2, 0) is 4.79 Å². The molecule has 0 spiro atoms. The summed E-state index contributed by atoms with van der Waals surface area (Å²) in [6.45, 7) is 2.42. The number of nitrogens with one attached hydrogen (secondary N) is 1. The van der Waals surface area contributed by atoms with E-state index in [1.165, 1.54) is 6.20 Å². The van der Waals surface area contributed by atoms with Gasteiger partial charge in [-0.3, -0.25) is 9.59 Å². The maximum Gasteiger partial charge on any atom is 0.250 e. The molecule has 1 atom stereocenters. The van der Waals surface area contributed by atoms with Crippen LogP contribution in [0.5, 0.6) is 0 Å². The maximum atomic E-state index is 12.0. The summed E-state index contributed by atoms with van der Waals surface area (Å²) >= 11 is 0. The van der Waals surface area contributed by atoms with Crippen LogP contribution in [0.25, 0.3) is 0 Å². The van der Waals surface area contributed by atoms with Crippen molar-refractivity contribution in [1.82, 2.24) is 10.3 Å². The second-order valence-corrected chi connectivity index (χ2v) is 5.13. The SMILES string of the molecule is NCCNC(=O)C1CCCN(c2ccc(C(N)=O)cn2)C1. The maximum absolute atomic E-state index is 12.0. The Morgan fingerprint density at radius 1 is 1.43 bits per heavy atom. The van der Waals surface area contributed by atoms with Crippen LogP contribution in [0.1, 0.15) is 23.2 Å². The van der Waals surface area contributed by atoms with E-state index in [1.807, 2.05) is 0 Å². The van der Waals surface area contributed by atoms with Gasteiger partial charge in [-0.05, 0) is 25.0 Å². The molecular weight excluding hydrogens is 270 g/mol. The summed E-state index contributed by atoms with van der Waals surface area (Å²) in [5.74, 6) is 0.255. The zero-order valence-electron chi connectivity index (χ0n) is 11.9. The number of amides is 2. The number of hydrogen-bond donors (Lipinski definition) is 3. The summed E-state index contributed by atoms with van der Waals surface area (Å²) in [6.07, 6.45) is 3.27. The first-order valence-electron chi connectivity index (χ1n) is 7.10. The van der Waals surface area contributed by atoms with E-state index < -0.39 is 5.91 Å². The van der Waals surface area contributed by atoms with Crippen molar-refractivity contribution in [2.45, 2.75) is 12.8 Å². The third kappa shape index (κ3) is 3.91. The molecule has 0 radical (unpaired) electrons. The predicted molar refractivity (Wildman–Crippen MR) is 79.8 cm³/mol. The molecule has 0 saturated carbocycles. The topological polar surface area (TPSA) is 114 Å². The number of nitrogens with two attached hydrogens (primary N) is 2. The van der Waals surface area contributed by atoms with Crippen LogP contribution in [0.3, 0.4) is 0 Å². The van der Waals surface area contributed by atoms with Crippen molar-refractivity contribution in [3.8, 4) is 0 Å². The van der Waals surface area contributed by atoms with Crippen molar-refractivity contribution in [3.63, 3.8) is 0 Å². The zero-order chi connectivity index (χ0) is 15.2. The minimum absolute atomic E-state index is 0.0407. The third-order valence-electron chi connectivity index (χ3n) is 3.59. The minimum Gasteiger partial charge on any atom is -0.366 e. The molecule has 0 bridgehead atoms. The first-order valence-corrected chi connectivity index (χ1v) is 7.10. The Balaban J connectivity index is 2.00. The summed E-state index contributed by atoms with van der Waals surface area (Å²) in [5, 5.41) is 2.83. The molecule has 2 rings (SSSR count). The molecule has 7 nitrogen and oxygen atoms in total. The van der Waals surface area contributed by atoms with Gasteiger partial charge in [0.15, 0.2) is 0 Å². The van der Waals surface area contributed by atoms with Crippen molar-refractivity contribution in [1.29, 1.82) is 0 Å². The van der Waals surface area contributed by atoms with Gasteiger partial charge in [0.05, 0.1) is 11.5 Å². The Kier molecular flexibility index (Phi) is 5.10. The van der Waals surface area contributed by atoms with Crippen LogP contribution in [-0.4, -0.2) is 43.0 Å². The fraction of sp³-hybridized carbons (Fsp3) is 0.500. The highest BCUT2D eigenvalue weighted by Gasteiger charge is 2.26. The lowest BCUT2D eigenvalue weighted by molar-refractivity contribution is -0.125. The monoisotopic (exact) mass is 291 g/mol. The molecule has 1 fully saturated rings. The van der Waals surface area contributed by atoms with Crippen molar-refractivity contribution >= 4 is 17.6 Å². The van der Waals surface area contributed by atoms with Gasteiger partial charge in [0.25, 0.3) is 0 Å². The number of hydrogen-bond acceptors (Lipinski definition) is 5. The van der Waals surface area contributed by atoms with Gasteiger partial charge in [-0.1, -0.05) is 0 Å². The molecule has 5 N–H and O–H groups in total. The second-order valence-electron chi connectivity index (χ2n) is 5.13. The minimum atomic E-state index is -0.494. The van der Waals surface area contributed by atoms with E-state index >= 15 is 0 Å². The van der Waals surface area contributed by atoms with Crippen molar-refractivity contribution in [3.05, 3.63) is 23.9 Å². The van der Waals surface area contributed by atoms with Crippen LogP contribution in [0.15, 0.2) is 18.3 Å².